The predicted molar refractivity (Wildman–Crippen MR) is 56.9 cm³/mol. The maximum atomic E-state index is 11.7. The maximum Gasteiger partial charge on any atom is 0.411 e. The average molecular weight is 274 g/mol. The first kappa shape index (κ1) is 14.6. The number of carbonyl (C=O) groups excluding carboxylic acids is 1. The highest BCUT2D eigenvalue weighted by atomic mass is 35.5. The van der Waals surface area contributed by atoms with Crippen LogP contribution in [0.25, 0.3) is 0 Å². The molecule has 0 aromatic rings. The summed E-state index contributed by atoms with van der Waals surface area (Å²) >= 11 is 5.95. The lowest BCUT2D eigenvalue weighted by atomic mass is 10.2. The summed E-state index contributed by atoms with van der Waals surface area (Å²) in [6, 6.07) is -0.0632. The summed E-state index contributed by atoms with van der Waals surface area (Å²) < 4.78 is 39.5. The fourth-order valence-electron chi connectivity index (χ4n) is 1.71. The molecule has 1 saturated carbocycles. The van der Waals surface area contributed by atoms with Gasteiger partial charge in [-0.3, -0.25) is 4.79 Å². The molecule has 3 nitrogen and oxygen atoms in total. The van der Waals surface area contributed by atoms with Crippen LogP contribution >= 0.6 is 11.6 Å². The van der Waals surface area contributed by atoms with Gasteiger partial charge in [0.05, 0.1) is 12.0 Å². The Morgan fingerprint density at radius 2 is 2.12 bits per heavy atom. The van der Waals surface area contributed by atoms with E-state index in [0.29, 0.717) is 0 Å². The van der Waals surface area contributed by atoms with Crippen LogP contribution in [0.5, 0.6) is 0 Å². The molecule has 17 heavy (non-hydrogen) atoms. The van der Waals surface area contributed by atoms with E-state index in [1.54, 1.807) is 0 Å². The van der Waals surface area contributed by atoms with Crippen molar-refractivity contribution in [1.82, 2.24) is 5.32 Å². The van der Waals surface area contributed by atoms with E-state index in [1.165, 1.54) is 0 Å². The molecule has 0 aliphatic heterocycles. The zero-order valence-electron chi connectivity index (χ0n) is 9.23. The predicted octanol–water partition coefficient (Wildman–Crippen LogP) is 2.23. The Morgan fingerprint density at radius 3 is 2.65 bits per heavy atom. The zero-order chi connectivity index (χ0) is 12.9. The number of hydrogen-bond donors (Lipinski definition) is 1. The smallest absolute Gasteiger partial charge is 0.372 e. The lowest BCUT2D eigenvalue weighted by molar-refractivity contribution is -0.174. The van der Waals surface area contributed by atoms with Crippen LogP contribution in [0.2, 0.25) is 0 Å². The number of nitrogens with one attached hydrogen (secondary N) is 1. The molecule has 2 unspecified atom stereocenters. The van der Waals surface area contributed by atoms with Crippen LogP contribution in [0.4, 0.5) is 13.2 Å². The third-order valence-corrected chi connectivity index (χ3v) is 3.04. The third-order valence-electron chi connectivity index (χ3n) is 2.52. The molecule has 0 spiro atoms. The van der Waals surface area contributed by atoms with Crippen molar-refractivity contribution < 1.29 is 22.7 Å². The Kier molecular flexibility index (Phi) is 5.52. The first-order chi connectivity index (χ1) is 7.88. The number of halogens is 4. The van der Waals surface area contributed by atoms with Crippen LogP contribution in [-0.4, -0.2) is 36.7 Å². The molecule has 0 bridgehead atoms. The van der Waals surface area contributed by atoms with Crippen molar-refractivity contribution in [2.24, 2.45) is 0 Å². The van der Waals surface area contributed by atoms with E-state index in [1.807, 2.05) is 0 Å². The molecule has 2 atom stereocenters. The first-order valence-corrected chi connectivity index (χ1v) is 5.90. The summed E-state index contributed by atoms with van der Waals surface area (Å²) in [7, 11) is 0. The molecule has 1 N–H and O–H groups in total. The largest absolute Gasteiger partial charge is 0.411 e. The van der Waals surface area contributed by atoms with Crippen molar-refractivity contribution in [3.8, 4) is 0 Å². The Labute approximate surface area is 103 Å². The minimum Gasteiger partial charge on any atom is -0.372 e. The molecular formula is C10H15ClF3NO2. The van der Waals surface area contributed by atoms with E-state index < -0.39 is 12.8 Å². The molecule has 1 aliphatic carbocycles. The van der Waals surface area contributed by atoms with Gasteiger partial charge in [0.15, 0.2) is 0 Å². The van der Waals surface area contributed by atoms with Gasteiger partial charge in [-0.15, -0.1) is 11.6 Å². The number of alkyl halides is 4. The summed E-state index contributed by atoms with van der Waals surface area (Å²) in [4.78, 5) is 11.3. The quantitative estimate of drug-likeness (QED) is 0.616. The standard InChI is InChI=1S/C10H15ClF3NO2/c11-7-2-1-3-8(7)15-9(16)4-5-17-6-10(12,13)14/h7-8H,1-6H2,(H,15,16). The third kappa shape index (κ3) is 6.12. The molecule has 0 aromatic heterocycles. The van der Waals surface area contributed by atoms with E-state index in [0.717, 1.165) is 19.3 Å². The van der Waals surface area contributed by atoms with Crippen LogP contribution in [0, 0.1) is 0 Å². The van der Waals surface area contributed by atoms with Gasteiger partial charge in [-0.2, -0.15) is 13.2 Å². The molecule has 1 fully saturated rings. The molecule has 0 heterocycles. The van der Waals surface area contributed by atoms with E-state index >= 15 is 0 Å². The Hall–Kier alpha value is -0.490. The van der Waals surface area contributed by atoms with E-state index in [2.05, 4.69) is 10.1 Å². The Morgan fingerprint density at radius 1 is 1.41 bits per heavy atom. The van der Waals surface area contributed by atoms with Gasteiger partial charge in [0.25, 0.3) is 0 Å². The van der Waals surface area contributed by atoms with Gasteiger partial charge in [-0.1, -0.05) is 0 Å². The van der Waals surface area contributed by atoms with Gasteiger partial charge in [0, 0.05) is 12.5 Å². The minimum absolute atomic E-state index is 0.0632. The second-order valence-corrected chi connectivity index (χ2v) is 4.60. The average Bonchev–Trinajstić information content (AvgIpc) is 2.58. The van der Waals surface area contributed by atoms with Gasteiger partial charge in [-0.05, 0) is 19.3 Å². The lowest BCUT2D eigenvalue weighted by Gasteiger charge is -2.15. The van der Waals surface area contributed by atoms with Crippen LogP contribution in [0.1, 0.15) is 25.7 Å². The van der Waals surface area contributed by atoms with E-state index in [-0.39, 0.29) is 30.4 Å². The van der Waals surface area contributed by atoms with Gasteiger partial charge >= 0.3 is 6.18 Å². The van der Waals surface area contributed by atoms with E-state index in [4.69, 9.17) is 11.6 Å². The zero-order valence-corrected chi connectivity index (χ0v) is 9.98. The maximum absolute atomic E-state index is 11.7. The van der Waals surface area contributed by atoms with Crippen molar-refractivity contribution in [3.05, 3.63) is 0 Å². The van der Waals surface area contributed by atoms with Crippen LogP contribution in [0.15, 0.2) is 0 Å². The molecule has 1 rings (SSSR count). The number of carbonyl (C=O) groups is 1. The van der Waals surface area contributed by atoms with Crippen LogP contribution in [0.3, 0.4) is 0 Å². The van der Waals surface area contributed by atoms with Crippen LogP contribution in [-0.2, 0) is 9.53 Å². The van der Waals surface area contributed by atoms with Crippen molar-refractivity contribution >= 4 is 17.5 Å². The molecule has 0 radical (unpaired) electrons. The molecule has 0 saturated heterocycles. The Bertz CT molecular complexity index is 260. The number of rotatable bonds is 5. The normalized spacial score (nSPS) is 24.9. The molecule has 100 valence electrons. The second-order valence-electron chi connectivity index (χ2n) is 4.04. The first-order valence-electron chi connectivity index (χ1n) is 5.46. The minimum atomic E-state index is -4.34. The summed E-state index contributed by atoms with van der Waals surface area (Å²) in [5, 5.41) is 2.62. The molecule has 7 heteroatoms. The fourth-order valence-corrected chi connectivity index (χ4v) is 2.05. The number of hydrogen-bond acceptors (Lipinski definition) is 2. The number of amides is 1. The van der Waals surface area contributed by atoms with Crippen molar-refractivity contribution in [2.75, 3.05) is 13.2 Å². The van der Waals surface area contributed by atoms with Gasteiger partial charge < -0.3 is 10.1 Å². The monoisotopic (exact) mass is 273 g/mol. The summed E-state index contributed by atoms with van der Waals surface area (Å²) in [6.45, 7) is -1.55. The summed E-state index contributed by atoms with van der Waals surface area (Å²) in [5.74, 6) is -0.315. The summed E-state index contributed by atoms with van der Waals surface area (Å²) in [5.41, 5.74) is 0. The topological polar surface area (TPSA) is 38.3 Å². The SMILES string of the molecule is O=C(CCOCC(F)(F)F)NC1CCCC1Cl. The fraction of sp³-hybridized carbons (Fsp3) is 0.900. The van der Waals surface area contributed by atoms with E-state index in [9.17, 15) is 18.0 Å². The van der Waals surface area contributed by atoms with Gasteiger partial charge in [0.1, 0.15) is 6.61 Å². The second kappa shape index (κ2) is 6.44. The lowest BCUT2D eigenvalue weighted by Crippen LogP contribution is -2.38. The highest BCUT2D eigenvalue weighted by molar-refractivity contribution is 6.21. The highest BCUT2D eigenvalue weighted by Crippen LogP contribution is 2.23. The van der Waals surface area contributed by atoms with Gasteiger partial charge in [0.2, 0.25) is 5.91 Å². The van der Waals surface area contributed by atoms with Gasteiger partial charge in [-0.25, -0.2) is 0 Å². The summed E-state index contributed by atoms with van der Waals surface area (Å²) in [6.07, 6.45) is -1.77. The molecule has 0 aromatic carbocycles. The molecule has 1 amide bonds. The van der Waals surface area contributed by atoms with Crippen molar-refractivity contribution in [3.63, 3.8) is 0 Å². The van der Waals surface area contributed by atoms with Crippen molar-refractivity contribution in [2.45, 2.75) is 43.3 Å². The highest BCUT2D eigenvalue weighted by Gasteiger charge is 2.28. The van der Waals surface area contributed by atoms with Crippen LogP contribution < -0.4 is 5.32 Å². The Balaban J connectivity index is 2.09. The number of ether oxygens (including phenoxy) is 1. The van der Waals surface area contributed by atoms with Crippen molar-refractivity contribution in [1.29, 1.82) is 0 Å². The molecule has 1 aliphatic rings. The molecular weight excluding hydrogens is 259 g/mol.